The minimum absolute atomic E-state index is 0.0284. The van der Waals surface area contributed by atoms with Crippen LogP contribution in [0.5, 0.6) is 11.5 Å². The number of aliphatic hydroxyl groups is 1. The number of hydrogen-bond acceptors (Lipinski definition) is 7. The Kier molecular flexibility index (Phi) is 7.25. The molecule has 5 rings (SSSR count). The first-order valence-corrected chi connectivity index (χ1v) is 12.7. The molecule has 2 atom stereocenters. The number of rotatable bonds is 7. The van der Waals surface area contributed by atoms with Gasteiger partial charge in [0.1, 0.15) is 41.8 Å². The van der Waals surface area contributed by atoms with E-state index in [1.165, 1.54) is 38.3 Å². The minimum Gasteiger partial charge on any atom is -0.494 e. The van der Waals surface area contributed by atoms with Gasteiger partial charge >= 0.3 is 6.18 Å². The van der Waals surface area contributed by atoms with E-state index in [0.717, 1.165) is 18.2 Å². The van der Waals surface area contributed by atoms with Crippen LogP contribution in [0.2, 0.25) is 0 Å². The predicted octanol–water partition coefficient (Wildman–Crippen LogP) is 4.95. The Hall–Kier alpha value is -4.39. The number of ether oxygens (including phenoxy) is 2. The van der Waals surface area contributed by atoms with Gasteiger partial charge in [-0.25, -0.2) is 13.8 Å². The Morgan fingerprint density at radius 1 is 1.14 bits per heavy atom. The summed E-state index contributed by atoms with van der Waals surface area (Å²) in [6.45, 7) is 0.655. The minimum atomic E-state index is -5.33. The molecule has 0 saturated heterocycles. The Morgan fingerprint density at radius 3 is 2.50 bits per heavy atom. The smallest absolute Gasteiger partial charge is 0.424 e. The number of carbonyl (C=O) groups excluding carboxylic acids is 1. The number of pyridine rings is 1. The normalized spacial score (nSPS) is 17.8. The molecule has 13 heteroatoms. The van der Waals surface area contributed by atoms with E-state index in [4.69, 9.17) is 9.47 Å². The van der Waals surface area contributed by atoms with Crippen molar-refractivity contribution in [2.45, 2.75) is 31.0 Å². The Bertz CT molecular complexity index is 1680. The molecule has 2 aromatic carbocycles. The zero-order valence-electron chi connectivity index (χ0n) is 22.6. The number of aryl methyl sites for hydroxylation is 1. The molecular weight excluding hydrogens is 563 g/mol. The second-order valence-corrected chi connectivity index (χ2v) is 10.4. The van der Waals surface area contributed by atoms with Crippen molar-refractivity contribution in [2.24, 2.45) is 0 Å². The van der Waals surface area contributed by atoms with Crippen molar-refractivity contribution in [3.05, 3.63) is 76.9 Å². The molecule has 0 aliphatic carbocycles. The van der Waals surface area contributed by atoms with Gasteiger partial charge in [0, 0.05) is 22.1 Å². The predicted molar refractivity (Wildman–Crippen MR) is 142 cm³/mol. The number of halogens is 5. The molecule has 1 aliphatic rings. The van der Waals surface area contributed by atoms with Crippen molar-refractivity contribution in [2.75, 3.05) is 26.9 Å². The highest BCUT2D eigenvalue weighted by molar-refractivity contribution is 5.99. The van der Waals surface area contributed by atoms with Gasteiger partial charge < -0.3 is 19.9 Å². The lowest BCUT2D eigenvalue weighted by Gasteiger charge is -2.31. The highest BCUT2D eigenvalue weighted by Gasteiger charge is 2.57. The second kappa shape index (κ2) is 10.5. The second-order valence-electron chi connectivity index (χ2n) is 10.4. The number of nitrogens with zero attached hydrogens (tertiary/aromatic N) is 3. The van der Waals surface area contributed by atoms with Gasteiger partial charge in [0.2, 0.25) is 5.60 Å². The summed E-state index contributed by atoms with van der Waals surface area (Å²) in [5.74, 6) is -1.33. The van der Waals surface area contributed by atoms with Gasteiger partial charge in [0.25, 0.3) is 5.91 Å². The van der Waals surface area contributed by atoms with Crippen molar-refractivity contribution in [1.82, 2.24) is 20.5 Å². The largest absolute Gasteiger partial charge is 0.494 e. The van der Waals surface area contributed by atoms with E-state index in [-0.39, 0.29) is 40.5 Å². The molecule has 3 heterocycles. The van der Waals surface area contributed by atoms with E-state index < -0.39 is 47.8 Å². The van der Waals surface area contributed by atoms with Crippen molar-refractivity contribution in [3.63, 3.8) is 0 Å². The summed E-state index contributed by atoms with van der Waals surface area (Å²) in [5.41, 5.74) is -4.98. The Balaban J connectivity index is 1.57. The van der Waals surface area contributed by atoms with Gasteiger partial charge in [-0.15, -0.1) is 5.10 Å². The van der Waals surface area contributed by atoms with Gasteiger partial charge in [-0.1, -0.05) is 0 Å². The molecule has 2 aromatic heterocycles. The fourth-order valence-electron chi connectivity index (χ4n) is 4.72. The van der Waals surface area contributed by atoms with Crippen LogP contribution in [-0.2, 0) is 11.0 Å². The molecule has 1 amide bonds. The van der Waals surface area contributed by atoms with Crippen LogP contribution in [0.25, 0.3) is 22.2 Å². The molecule has 220 valence electrons. The van der Waals surface area contributed by atoms with Crippen LogP contribution in [0.15, 0.2) is 48.5 Å². The lowest BCUT2D eigenvalue weighted by Crippen LogP contribution is -2.51. The molecule has 4 aromatic rings. The number of methoxy groups -OCH3 is 1. The summed E-state index contributed by atoms with van der Waals surface area (Å²) in [6, 6.07) is 10.00. The topological polar surface area (TPSA) is 106 Å². The summed E-state index contributed by atoms with van der Waals surface area (Å²) in [4.78, 5) is 17.2. The Labute approximate surface area is 236 Å². The number of carbonyl (C=O) groups is 1. The molecule has 1 unspecified atom stereocenters. The zero-order chi connectivity index (χ0) is 30.4. The molecule has 0 bridgehead atoms. The van der Waals surface area contributed by atoms with Gasteiger partial charge in [-0.2, -0.15) is 18.3 Å². The van der Waals surface area contributed by atoms with Crippen LogP contribution >= 0.6 is 0 Å². The summed E-state index contributed by atoms with van der Waals surface area (Å²) in [5, 5.41) is 21.8. The molecular formula is C29H25F5N4O4. The molecule has 0 saturated carbocycles. The highest BCUT2D eigenvalue weighted by atomic mass is 19.4. The van der Waals surface area contributed by atoms with E-state index in [2.05, 4.69) is 20.5 Å². The quantitative estimate of drug-likeness (QED) is 0.295. The maximum absolute atomic E-state index is 14.6. The molecule has 0 spiro atoms. The number of alkyl halides is 4. The average Bonchev–Trinajstić information content (AvgIpc) is 3.31. The number of fused-ring (bicyclic) bond motifs is 2. The fraction of sp³-hybridized carbons (Fsp3) is 0.310. The lowest BCUT2D eigenvalue weighted by molar-refractivity contribution is -0.265. The molecule has 1 aliphatic heterocycles. The third kappa shape index (κ3) is 4.97. The number of hydrogen-bond donors (Lipinski definition) is 2. The molecule has 2 N–H and O–H groups in total. The summed E-state index contributed by atoms with van der Waals surface area (Å²) >= 11 is 0. The third-order valence-electron chi connectivity index (χ3n) is 7.23. The standard InChI is InChI=1S/C29H25F5N4O4/c1-15-8-17-9-18(10-21(41-3)23(17)38-37-15)26(39)35-13-28(40,29(32,33)34)22-11-20-25(42-14-27(20,2)12-30)24(36-22)16-4-6-19(31)7-5-16/h4-11,40H,12-14H2,1-3H3,(H,35,39)/t27-,28?/m0/s1. The van der Waals surface area contributed by atoms with Crippen molar-refractivity contribution < 1.29 is 41.3 Å². The fourth-order valence-corrected chi connectivity index (χ4v) is 4.72. The first-order chi connectivity index (χ1) is 19.8. The summed E-state index contributed by atoms with van der Waals surface area (Å²) < 4.78 is 82.5. The van der Waals surface area contributed by atoms with Crippen molar-refractivity contribution in [3.8, 4) is 22.8 Å². The van der Waals surface area contributed by atoms with Gasteiger partial charge in [0.05, 0.1) is 30.5 Å². The average molecular weight is 589 g/mol. The summed E-state index contributed by atoms with van der Waals surface area (Å²) in [7, 11) is 1.34. The summed E-state index contributed by atoms with van der Waals surface area (Å²) in [6.07, 6.45) is -5.33. The van der Waals surface area contributed by atoms with Crippen LogP contribution in [0.4, 0.5) is 22.0 Å². The maximum Gasteiger partial charge on any atom is 0.424 e. The van der Waals surface area contributed by atoms with E-state index in [1.807, 2.05) is 0 Å². The SMILES string of the molecule is COc1cc(C(=O)NCC(O)(c2cc3c(c(-c4ccc(F)cc4)n2)OC[C@]3(C)CF)C(F)(F)F)cc2cc(C)nnc12. The first-order valence-electron chi connectivity index (χ1n) is 12.7. The molecule has 42 heavy (non-hydrogen) atoms. The number of benzene rings is 2. The maximum atomic E-state index is 14.6. The number of amides is 1. The van der Waals surface area contributed by atoms with E-state index >= 15 is 0 Å². The Morgan fingerprint density at radius 2 is 1.86 bits per heavy atom. The van der Waals surface area contributed by atoms with Crippen LogP contribution in [0.1, 0.15) is 34.2 Å². The van der Waals surface area contributed by atoms with Gasteiger partial charge in [0.15, 0.2) is 0 Å². The number of aromatic nitrogens is 3. The molecule has 0 fully saturated rings. The van der Waals surface area contributed by atoms with Crippen LogP contribution in [-0.4, -0.2) is 59.3 Å². The lowest BCUT2D eigenvalue weighted by atomic mass is 9.83. The highest BCUT2D eigenvalue weighted by Crippen LogP contribution is 2.48. The van der Waals surface area contributed by atoms with E-state index in [1.54, 1.807) is 13.0 Å². The number of nitrogens with one attached hydrogen (secondary N) is 1. The third-order valence-corrected chi connectivity index (χ3v) is 7.23. The van der Waals surface area contributed by atoms with Gasteiger partial charge in [-0.05, 0) is 62.4 Å². The zero-order valence-corrected chi connectivity index (χ0v) is 22.6. The monoisotopic (exact) mass is 588 g/mol. The van der Waals surface area contributed by atoms with Crippen molar-refractivity contribution >= 4 is 16.8 Å². The molecule has 0 radical (unpaired) electrons. The first kappa shape index (κ1) is 29.1. The van der Waals surface area contributed by atoms with Crippen LogP contribution in [0, 0.1) is 12.7 Å². The van der Waals surface area contributed by atoms with E-state index in [9.17, 15) is 31.9 Å². The van der Waals surface area contributed by atoms with Crippen molar-refractivity contribution in [1.29, 1.82) is 0 Å². The van der Waals surface area contributed by atoms with Gasteiger partial charge in [-0.3, -0.25) is 4.79 Å². The molecule has 8 nitrogen and oxygen atoms in total. The van der Waals surface area contributed by atoms with E-state index in [0.29, 0.717) is 16.6 Å². The van der Waals surface area contributed by atoms with Crippen LogP contribution < -0.4 is 14.8 Å². The van der Waals surface area contributed by atoms with Crippen LogP contribution in [0.3, 0.4) is 0 Å².